The van der Waals surface area contributed by atoms with Gasteiger partial charge in [-0.1, -0.05) is 0 Å². The van der Waals surface area contributed by atoms with Crippen LogP contribution in [0.25, 0.3) is 0 Å². The number of rotatable bonds is 7. The molecule has 154 valence electrons. The van der Waals surface area contributed by atoms with Crippen molar-refractivity contribution in [1.82, 2.24) is 9.71 Å². The van der Waals surface area contributed by atoms with Gasteiger partial charge < -0.3 is 5.32 Å². The molecule has 1 rings (SSSR count). The average Bonchev–Trinajstić information content (AvgIpc) is 2.49. The number of nitrogens with one attached hydrogen (secondary N) is 2. The number of halogens is 3. The van der Waals surface area contributed by atoms with Crippen LogP contribution in [0.1, 0.15) is 56.7 Å². The van der Waals surface area contributed by atoms with Crippen LogP contribution in [0.3, 0.4) is 0 Å². The maximum Gasteiger partial charge on any atom is 0.418 e. The molecule has 0 aliphatic heterocycles. The average molecular weight is 409 g/mol. The highest BCUT2D eigenvalue weighted by Gasteiger charge is 2.34. The van der Waals surface area contributed by atoms with Gasteiger partial charge in [-0.3, -0.25) is 4.79 Å². The monoisotopic (exact) mass is 409 g/mol. The van der Waals surface area contributed by atoms with Crippen LogP contribution < -0.4 is 10.0 Å². The van der Waals surface area contributed by atoms with Crippen molar-refractivity contribution in [3.05, 3.63) is 22.9 Å². The van der Waals surface area contributed by atoms with Crippen molar-refractivity contribution in [3.8, 4) is 0 Å². The smallest absolute Gasteiger partial charge is 0.310 e. The van der Waals surface area contributed by atoms with Crippen LogP contribution in [0, 0.1) is 13.8 Å². The Bertz CT molecular complexity index is 785. The molecule has 0 atom stereocenters. The number of hydrogen-bond donors (Lipinski definition) is 2. The van der Waals surface area contributed by atoms with Crippen LogP contribution in [0.5, 0.6) is 0 Å². The molecule has 6 nitrogen and oxygen atoms in total. The highest BCUT2D eigenvalue weighted by molar-refractivity contribution is 7.90. The lowest BCUT2D eigenvalue weighted by Gasteiger charge is -2.19. The van der Waals surface area contributed by atoms with E-state index in [2.05, 4.69) is 15.0 Å². The van der Waals surface area contributed by atoms with E-state index in [0.717, 1.165) is 0 Å². The Labute approximate surface area is 158 Å². The Morgan fingerprint density at radius 3 is 2.22 bits per heavy atom. The summed E-state index contributed by atoms with van der Waals surface area (Å²) in [5, 5.41) is 2.51. The molecule has 1 amide bonds. The standard InChI is InChI=1S/C17H26F3N3O3S/c1-11-12(2)15(21-10-13(11)17(18,19)20)23-14(24)8-6-7-9-22-27(25,26)16(3,4)5/h10,22H,6-9H2,1-5H3,(H,21,23,24). The summed E-state index contributed by atoms with van der Waals surface area (Å²) >= 11 is 0. The number of amides is 1. The van der Waals surface area contributed by atoms with Gasteiger partial charge in [0.05, 0.1) is 10.3 Å². The fourth-order valence-electron chi connectivity index (χ4n) is 2.14. The zero-order valence-electron chi connectivity index (χ0n) is 16.1. The number of alkyl halides is 3. The summed E-state index contributed by atoms with van der Waals surface area (Å²) in [6, 6.07) is 0. The summed E-state index contributed by atoms with van der Waals surface area (Å²) in [6.07, 6.45) is -2.79. The second kappa shape index (κ2) is 8.55. The topological polar surface area (TPSA) is 88.2 Å². The molecule has 2 N–H and O–H groups in total. The van der Waals surface area contributed by atoms with Gasteiger partial charge in [-0.25, -0.2) is 18.1 Å². The normalized spacial score (nSPS) is 12.9. The quantitative estimate of drug-likeness (QED) is 0.674. The lowest BCUT2D eigenvalue weighted by Crippen LogP contribution is -2.39. The number of unbranched alkanes of at least 4 members (excludes halogenated alkanes) is 1. The van der Waals surface area contributed by atoms with Gasteiger partial charge in [-0.05, 0) is 58.6 Å². The Morgan fingerprint density at radius 1 is 1.11 bits per heavy atom. The fourth-order valence-corrected chi connectivity index (χ4v) is 2.99. The molecule has 0 aromatic carbocycles. The summed E-state index contributed by atoms with van der Waals surface area (Å²) in [5.74, 6) is -0.289. The Kier molecular flexibility index (Phi) is 7.40. The molecule has 0 fully saturated rings. The highest BCUT2D eigenvalue weighted by Crippen LogP contribution is 2.34. The molecule has 1 aromatic heterocycles. The number of sulfonamides is 1. The predicted octanol–water partition coefficient (Wildman–Crippen LogP) is 3.54. The molecule has 0 aliphatic carbocycles. The van der Waals surface area contributed by atoms with E-state index < -0.39 is 26.5 Å². The largest absolute Gasteiger partial charge is 0.418 e. The van der Waals surface area contributed by atoms with Gasteiger partial charge in [0.25, 0.3) is 0 Å². The van der Waals surface area contributed by atoms with E-state index in [1.54, 1.807) is 20.8 Å². The van der Waals surface area contributed by atoms with Crippen LogP contribution in [-0.2, 0) is 21.0 Å². The van der Waals surface area contributed by atoms with Crippen molar-refractivity contribution >= 4 is 21.7 Å². The third-order valence-corrected chi connectivity index (χ3v) is 6.33. The summed E-state index contributed by atoms with van der Waals surface area (Å²) in [6.45, 7) is 7.77. The van der Waals surface area contributed by atoms with E-state index >= 15 is 0 Å². The first-order valence-electron chi connectivity index (χ1n) is 8.49. The molecule has 10 heteroatoms. The second-order valence-electron chi connectivity index (χ2n) is 7.28. The van der Waals surface area contributed by atoms with E-state index in [4.69, 9.17) is 0 Å². The Balaban J connectivity index is 2.54. The lowest BCUT2D eigenvalue weighted by molar-refractivity contribution is -0.138. The van der Waals surface area contributed by atoms with Crippen LogP contribution >= 0.6 is 0 Å². The summed E-state index contributed by atoms with van der Waals surface area (Å²) in [4.78, 5) is 15.7. The molecule has 1 heterocycles. The van der Waals surface area contributed by atoms with Gasteiger partial charge in [-0.2, -0.15) is 13.2 Å². The number of pyridine rings is 1. The van der Waals surface area contributed by atoms with Crippen molar-refractivity contribution in [3.63, 3.8) is 0 Å². The molecule has 1 aromatic rings. The van der Waals surface area contributed by atoms with Crippen molar-refractivity contribution in [1.29, 1.82) is 0 Å². The molecule has 0 spiro atoms. The zero-order valence-corrected chi connectivity index (χ0v) is 16.9. The predicted molar refractivity (Wildman–Crippen MR) is 97.9 cm³/mol. The number of carbonyl (C=O) groups excluding carboxylic acids is 1. The minimum Gasteiger partial charge on any atom is -0.310 e. The summed E-state index contributed by atoms with van der Waals surface area (Å²) in [7, 11) is -3.43. The minimum atomic E-state index is -4.50. The van der Waals surface area contributed by atoms with Crippen molar-refractivity contribution < 1.29 is 26.4 Å². The molecule has 0 bridgehead atoms. The Hall–Kier alpha value is -1.68. The fraction of sp³-hybridized carbons (Fsp3) is 0.647. The van der Waals surface area contributed by atoms with Crippen LogP contribution in [-0.4, -0.2) is 30.6 Å². The highest BCUT2D eigenvalue weighted by atomic mass is 32.2. The molecular formula is C17H26F3N3O3S. The third kappa shape index (κ3) is 6.46. The molecule has 0 aliphatic rings. The maximum atomic E-state index is 12.8. The second-order valence-corrected chi connectivity index (χ2v) is 9.80. The van der Waals surface area contributed by atoms with Crippen molar-refractivity contribution in [2.45, 2.75) is 64.8 Å². The van der Waals surface area contributed by atoms with Crippen LogP contribution in [0.15, 0.2) is 6.20 Å². The minimum absolute atomic E-state index is 0.0180. The van der Waals surface area contributed by atoms with Gasteiger partial charge in [0, 0.05) is 19.2 Å². The summed E-state index contributed by atoms with van der Waals surface area (Å²) < 4.78 is 63.9. The van der Waals surface area contributed by atoms with E-state index in [9.17, 15) is 26.4 Å². The van der Waals surface area contributed by atoms with Crippen molar-refractivity contribution in [2.75, 3.05) is 11.9 Å². The molecule has 0 saturated heterocycles. The van der Waals surface area contributed by atoms with Crippen molar-refractivity contribution in [2.24, 2.45) is 0 Å². The maximum absolute atomic E-state index is 12.8. The number of nitrogens with zero attached hydrogens (tertiary/aromatic N) is 1. The zero-order chi connectivity index (χ0) is 21.0. The number of anilines is 1. The summed E-state index contributed by atoms with van der Waals surface area (Å²) in [5.41, 5.74) is -0.551. The molecule has 27 heavy (non-hydrogen) atoms. The first-order chi connectivity index (χ1) is 12.2. The van der Waals surface area contributed by atoms with Gasteiger partial charge in [0.1, 0.15) is 5.82 Å². The van der Waals surface area contributed by atoms with Gasteiger partial charge in [-0.15, -0.1) is 0 Å². The first kappa shape index (κ1) is 23.4. The molecular weight excluding hydrogens is 383 g/mol. The third-order valence-electron chi connectivity index (χ3n) is 4.14. The van der Waals surface area contributed by atoms with Gasteiger partial charge in [0.15, 0.2) is 0 Å². The SMILES string of the molecule is Cc1c(C(F)(F)F)cnc(NC(=O)CCCCNS(=O)(=O)C(C)(C)C)c1C. The van der Waals surface area contributed by atoms with Gasteiger partial charge in [0.2, 0.25) is 15.9 Å². The van der Waals surface area contributed by atoms with Crippen LogP contribution in [0.4, 0.5) is 19.0 Å². The number of hydrogen-bond acceptors (Lipinski definition) is 4. The van der Waals surface area contributed by atoms with E-state index in [0.29, 0.717) is 19.0 Å². The van der Waals surface area contributed by atoms with Gasteiger partial charge >= 0.3 is 6.18 Å². The molecule has 0 unspecified atom stereocenters. The van der Waals surface area contributed by atoms with Crippen LogP contribution in [0.2, 0.25) is 0 Å². The first-order valence-corrected chi connectivity index (χ1v) is 9.97. The number of carbonyl (C=O) groups is 1. The molecule has 0 radical (unpaired) electrons. The lowest BCUT2D eigenvalue weighted by atomic mass is 10.1. The molecule has 0 saturated carbocycles. The number of aromatic nitrogens is 1. The van der Waals surface area contributed by atoms with E-state index in [1.165, 1.54) is 13.8 Å². The van der Waals surface area contributed by atoms with E-state index in [1.807, 2.05) is 0 Å². The Morgan fingerprint density at radius 2 is 1.70 bits per heavy atom. The van der Waals surface area contributed by atoms with E-state index in [-0.39, 0.29) is 35.8 Å².